The van der Waals surface area contributed by atoms with Crippen LogP contribution in [0.4, 0.5) is 0 Å². The average Bonchev–Trinajstić information content (AvgIpc) is 3.46. The normalized spacial score (nSPS) is 16.3. The summed E-state index contributed by atoms with van der Waals surface area (Å²) in [7, 11) is 0. The lowest BCUT2D eigenvalue weighted by Gasteiger charge is -2.28. The predicted molar refractivity (Wildman–Crippen MR) is 131 cm³/mol. The number of allylic oxidation sites excluding steroid dienone is 1. The van der Waals surface area contributed by atoms with E-state index >= 15 is 0 Å². The molecule has 0 fully saturated rings. The van der Waals surface area contributed by atoms with Crippen LogP contribution in [-0.2, 0) is 9.59 Å². The molecule has 182 valence electrons. The summed E-state index contributed by atoms with van der Waals surface area (Å²) in [6, 6.07) is 10.1. The van der Waals surface area contributed by atoms with E-state index in [0.29, 0.717) is 24.7 Å². The lowest BCUT2D eigenvalue weighted by atomic mass is 9.95. The SMILES string of the molecule is CCCOc1cccc(C2C(C(=O)/C=C/c3ccco3)=C(O)C(=O)N2CCCN(CC)CC)c1. The first-order valence-corrected chi connectivity index (χ1v) is 11.9. The topological polar surface area (TPSA) is 83.2 Å². The summed E-state index contributed by atoms with van der Waals surface area (Å²) < 4.78 is 11.0. The largest absolute Gasteiger partial charge is 0.503 e. The minimum absolute atomic E-state index is 0.0725. The standard InChI is InChI=1S/C27H34N2O5/c1-4-17-33-22-11-7-10-20(19-22)25-24(23(30)14-13-21-12-8-18-34-21)26(31)27(32)29(25)16-9-15-28(5-2)6-3/h7-8,10-14,18-19,25,31H,4-6,9,15-17H2,1-3H3/b14-13+. The van der Waals surface area contributed by atoms with Gasteiger partial charge in [-0.15, -0.1) is 0 Å². The van der Waals surface area contributed by atoms with Crippen LogP contribution in [0.2, 0.25) is 0 Å². The number of nitrogens with zero attached hydrogens (tertiary/aromatic N) is 2. The molecule has 2 heterocycles. The van der Waals surface area contributed by atoms with Crippen LogP contribution in [0.5, 0.6) is 5.75 Å². The molecule has 1 aliphatic rings. The second-order valence-corrected chi connectivity index (χ2v) is 8.18. The summed E-state index contributed by atoms with van der Waals surface area (Å²) >= 11 is 0. The second kappa shape index (κ2) is 12.2. The van der Waals surface area contributed by atoms with Gasteiger partial charge in [0.2, 0.25) is 0 Å². The number of carbonyl (C=O) groups is 2. The van der Waals surface area contributed by atoms with Crippen LogP contribution in [0, 0.1) is 0 Å². The molecule has 1 N–H and O–H groups in total. The summed E-state index contributed by atoms with van der Waals surface area (Å²) in [4.78, 5) is 30.1. The van der Waals surface area contributed by atoms with Crippen molar-refractivity contribution >= 4 is 17.8 Å². The van der Waals surface area contributed by atoms with Crippen LogP contribution >= 0.6 is 0 Å². The fourth-order valence-electron chi connectivity index (χ4n) is 4.12. The Labute approximate surface area is 201 Å². The number of amides is 1. The van der Waals surface area contributed by atoms with Crippen molar-refractivity contribution < 1.29 is 23.8 Å². The van der Waals surface area contributed by atoms with E-state index in [1.54, 1.807) is 17.0 Å². The summed E-state index contributed by atoms with van der Waals surface area (Å²) in [5.74, 6) is -0.279. The van der Waals surface area contributed by atoms with Crippen LogP contribution in [0.1, 0.15) is 51.0 Å². The third kappa shape index (κ3) is 5.97. The highest BCUT2D eigenvalue weighted by Gasteiger charge is 2.42. The molecule has 0 saturated heterocycles. The summed E-state index contributed by atoms with van der Waals surface area (Å²) in [5.41, 5.74) is 0.798. The van der Waals surface area contributed by atoms with Gasteiger partial charge in [0.25, 0.3) is 5.91 Å². The molecule has 1 aromatic carbocycles. The van der Waals surface area contributed by atoms with Crippen molar-refractivity contribution in [2.45, 2.75) is 39.7 Å². The van der Waals surface area contributed by atoms with Crippen LogP contribution in [0.15, 0.2) is 64.5 Å². The molecule has 2 aromatic rings. The number of aliphatic hydroxyl groups excluding tert-OH is 1. The molecule has 0 aliphatic carbocycles. The fourth-order valence-corrected chi connectivity index (χ4v) is 4.12. The maximum Gasteiger partial charge on any atom is 0.290 e. The number of carbonyl (C=O) groups excluding carboxylic acids is 2. The van der Waals surface area contributed by atoms with Crippen molar-refractivity contribution in [3.05, 3.63) is 71.4 Å². The molecule has 3 rings (SSSR count). The first kappa shape index (κ1) is 25.3. The molecule has 0 bridgehead atoms. The van der Waals surface area contributed by atoms with Crippen LogP contribution in [0.3, 0.4) is 0 Å². The summed E-state index contributed by atoms with van der Waals surface area (Å²) in [6.45, 7) is 9.90. The van der Waals surface area contributed by atoms with Crippen molar-refractivity contribution in [1.29, 1.82) is 0 Å². The van der Waals surface area contributed by atoms with Gasteiger partial charge in [0.15, 0.2) is 11.5 Å². The van der Waals surface area contributed by atoms with Crippen LogP contribution in [-0.4, -0.2) is 59.4 Å². The van der Waals surface area contributed by atoms with E-state index < -0.39 is 23.5 Å². The summed E-state index contributed by atoms with van der Waals surface area (Å²) in [6.07, 6.45) is 5.98. The molecule has 7 nitrogen and oxygen atoms in total. The molecule has 1 aromatic heterocycles. The minimum atomic E-state index is -0.692. The number of ketones is 1. The number of furan rings is 1. The molecular formula is C27H34N2O5. The smallest absolute Gasteiger partial charge is 0.290 e. The van der Waals surface area contributed by atoms with Gasteiger partial charge in [0.05, 0.1) is 24.5 Å². The first-order valence-electron chi connectivity index (χ1n) is 11.9. The van der Waals surface area contributed by atoms with Crippen LogP contribution < -0.4 is 4.74 Å². The summed E-state index contributed by atoms with van der Waals surface area (Å²) in [5, 5.41) is 10.8. The number of hydrogen-bond acceptors (Lipinski definition) is 6. The lowest BCUT2D eigenvalue weighted by Crippen LogP contribution is -2.34. The Morgan fingerprint density at radius 3 is 2.68 bits per heavy atom. The number of aliphatic hydroxyl groups is 1. The molecule has 1 amide bonds. The maximum atomic E-state index is 13.2. The van der Waals surface area contributed by atoms with E-state index in [9.17, 15) is 14.7 Å². The Kier molecular flexibility index (Phi) is 9.10. The van der Waals surface area contributed by atoms with Crippen molar-refractivity contribution in [2.75, 3.05) is 32.8 Å². The Bertz CT molecular complexity index is 1020. The highest BCUT2D eigenvalue weighted by Crippen LogP contribution is 2.39. The number of rotatable bonds is 13. The minimum Gasteiger partial charge on any atom is -0.503 e. The zero-order chi connectivity index (χ0) is 24.5. The van der Waals surface area contributed by atoms with Gasteiger partial charge < -0.3 is 24.1 Å². The molecule has 34 heavy (non-hydrogen) atoms. The van der Waals surface area contributed by atoms with Gasteiger partial charge in [-0.25, -0.2) is 0 Å². The van der Waals surface area contributed by atoms with E-state index in [1.165, 1.54) is 18.4 Å². The molecule has 0 saturated carbocycles. The lowest BCUT2D eigenvalue weighted by molar-refractivity contribution is -0.129. The fraction of sp³-hybridized carbons (Fsp3) is 0.407. The number of hydrogen-bond donors (Lipinski definition) is 1. The van der Waals surface area contributed by atoms with Gasteiger partial charge in [0.1, 0.15) is 11.5 Å². The zero-order valence-corrected chi connectivity index (χ0v) is 20.2. The van der Waals surface area contributed by atoms with Gasteiger partial charge in [-0.2, -0.15) is 0 Å². The maximum absolute atomic E-state index is 13.2. The van der Waals surface area contributed by atoms with Crippen molar-refractivity contribution in [1.82, 2.24) is 9.80 Å². The molecule has 1 aliphatic heterocycles. The van der Waals surface area contributed by atoms with E-state index in [4.69, 9.17) is 9.15 Å². The Morgan fingerprint density at radius 2 is 2.00 bits per heavy atom. The third-order valence-corrected chi connectivity index (χ3v) is 5.93. The Morgan fingerprint density at radius 1 is 1.21 bits per heavy atom. The molecule has 0 spiro atoms. The van der Waals surface area contributed by atoms with Crippen molar-refractivity contribution in [3.8, 4) is 5.75 Å². The molecular weight excluding hydrogens is 432 g/mol. The van der Waals surface area contributed by atoms with Crippen molar-refractivity contribution in [3.63, 3.8) is 0 Å². The number of ether oxygens (including phenoxy) is 1. The third-order valence-electron chi connectivity index (χ3n) is 5.93. The second-order valence-electron chi connectivity index (χ2n) is 8.18. The molecule has 0 radical (unpaired) electrons. The Hall–Kier alpha value is -3.32. The van der Waals surface area contributed by atoms with Crippen LogP contribution in [0.25, 0.3) is 6.08 Å². The van der Waals surface area contributed by atoms with Gasteiger partial charge >= 0.3 is 0 Å². The molecule has 7 heteroatoms. The predicted octanol–water partition coefficient (Wildman–Crippen LogP) is 4.78. The van der Waals surface area contributed by atoms with Gasteiger partial charge in [0, 0.05) is 6.54 Å². The van der Waals surface area contributed by atoms with Gasteiger partial charge in [-0.3, -0.25) is 9.59 Å². The van der Waals surface area contributed by atoms with E-state index in [0.717, 1.165) is 38.0 Å². The number of benzene rings is 1. The molecule has 1 unspecified atom stereocenters. The van der Waals surface area contributed by atoms with E-state index in [1.807, 2.05) is 31.2 Å². The Balaban J connectivity index is 1.92. The van der Waals surface area contributed by atoms with Gasteiger partial charge in [-0.1, -0.05) is 32.9 Å². The average molecular weight is 467 g/mol. The zero-order valence-electron chi connectivity index (χ0n) is 20.2. The van der Waals surface area contributed by atoms with Crippen molar-refractivity contribution in [2.24, 2.45) is 0 Å². The highest BCUT2D eigenvalue weighted by molar-refractivity contribution is 6.14. The van der Waals surface area contributed by atoms with E-state index in [-0.39, 0.29) is 5.57 Å². The van der Waals surface area contributed by atoms with E-state index in [2.05, 4.69) is 18.7 Å². The first-order chi connectivity index (χ1) is 16.5. The quantitative estimate of drug-likeness (QED) is 0.428. The molecule has 1 atom stereocenters. The monoisotopic (exact) mass is 466 g/mol. The highest BCUT2D eigenvalue weighted by atomic mass is 16.5. The van der Waals surface area contributed by atoms with Gasteiger partial charge in [-0.05, 0) is 74.5 Å².